The van der Waals surface area contributed by atoms with Gasteiger partial charge in [0.05, 0.1) is 5.69 Å². The molecule has 0 aliphatic rings. The van der Waals surface area contributed by atoms with E-state index >= 15 is 0 Å². The molecule has 0 aliphatic carbocycles. The second-order valence-corrected chi connectivity index (χ2v) is 4.91. The highest BCUT2D eigenvalue weighted by atomic mass is 35.5. The average molecular weight is 276 g/mol. The van der Waals surface area contributed by atoms with Crippen LogP contribution in [0.15, 0.2) is 12.1 Å². The predicted molar refractivity (Wildman–Crippen MR) is 73.7 cm³/mol. The van der Waals surface area contributed by atoms with E-state index in [0.717, 1.165) is 11.1 Å². The smallest absolute Gasteiger partial charge is 0.235 e. The molecule has 98 valence electrons. The fourth-order valence-corrected chi connectivity index (χ4v) is 2.37. The van der Waals surface area contributed by atoms with Crippen LogP contribution in [0.1, 0.15) is 22.4 Å². The maximum atomic E-state index is 9.17. The Morgan fingerprint density at radius 1 is 1.26 bits per heavy atom. The zero-order valence-corrected chi connectivity index (χ0v) is 12.0. The van der Waals surface area contributed by atoms with Gasteiger partial charge in [0.2, 0.25) is 5.88 Å². The van der Waals surface area contributed by atoms with E-state index in [1.807, 2.05) is 26.0 Å². The van der Waals surface area contributed by atoms with Crippen LogP contribution in [0.3, 0.4) is 0 Å². The molecule has 0 amide bonds. The molecule has 0 radical (unpaired) electrons. The molecule has 0 saturated heterocycles. The van der Waals surface area contributed by atoms with E-state index in [2.05, 4.69) is 11.2 Å². The molecule has 1 heterocycles. The Labute approximate surface area is 117 Å². The lowest BCUT2D eigenvalue weighted by Gasteiger charge is -2.12. The second-order valence-electron chi connectivity index (χ2n) is 4.47. The SMILES string of the molecule is Cc1cc(Cl)cc(C)c1Oc1c(C#N)c(C)nn1C. The first kappa shape index (κ1) is 13.4. The topological polar surface area (TPSA) is 50.8 Å². The molecule has 2 aromatic rings. The van der Waals surface area contributed by atoms with Crippen LogP contribution in [0.5, 0.6) is 11.6 Å². The third-order valence-electron chi connectivity index (χ3n) is 2.91. The Morgan fingerprint density at radius 3 is 2.37 bits per heavy atom. The zero-order chi connectivity index (χ0) is 14.2. The molecule has 1 aromatic carbocycles. The summed E-state index contributed by atoms with van der Waals surface area (Å²) in [5.74, 6) is 1.16. The van der Waals surface area contributed by atoms with Crippen molar-refractivity contribution >= 4 is 11.6 Å². The van der Waals surface area contributed by atoms with Gasteiger partial charge in [0.1, 0.15) is 17.4 Å². The maximum Gasteiger partial charge on any atom is 0.235 e. The molecule has 2 rings (SSSR count). The number of hydrogen-bond acceptors (Lipinski definition) is 3. The van der Waals surface area contributed by atoms with E-state index in [9.17, 15) is 0 Å². The number of rotatable bonds is 2. The van der Waals surface area contributed by atoms with E-state index in [1.54, 1.807) is 18.7 Å². The summed E-state index contributed by atoms with van der Waals surface area (Å²) in [6.45, 7) is 5.62. The van der Waals surface area contributed by atoms with Crippen molar-refractivity contribution in [2.24, 2.45) is 7.05 Å². The summed E-state index contributed by atoms with van der Waals surface area (Å²) < 4.78 is 7.46. The predicted octanol–water partition coefficient (Wildman–Crippen LogP) is 3.66. The van der Waals surface area contributed by atoms with Crippen molar-refractivity contribution in [1.29, 1.82) is 5.26 Å². The van der Waals surface area contributed by atoms with Crippen molar-refractivity contribution in [2.45, 2.75) is 20.8 Å². The van der Waals surface area contributed by atoms with Crippen LogP contribution in [0.4, 0.5) is 0 Å². The van der Waals surface area contributed by atoms with Crippen LogP contribution in [-0.2, 0) is 7.05 Å². The Hall–Kier alpha value is -1.99. The molecule has 0 N–H and O–H groups in total. The van der Waals surface area contributed by atoms with Crippen LogP contribution in [0.2, 0.25) is 5.02 Å². The molecule has 0 fully saturated rings. The lowest BCUT2D eigenvalue weighted by Crippen LogP contribution is -1.99. The second kappa shape index (κ2) is 4.94. The van der Waals surface area contributed by atoms with Gasteiger partial charge >= 0.3 is 0 Å². The highest BCUT2D eigenvalue weighted by molar-refractivity contribution is 6.30. The van der Waals surface area contributed by atoms with Gasteiger partial charge in [-0.1, -0.05) is 11.6 Å². The number of hydrogen-bond donors (Lipinski definition) is 0. The normalized spacial score (nSPS) is 10.3. The Kier molecular flexibility index (Phi) is 3.50. The van der Waals surface area contributed by atoms with Crippen molar-refractivity contribution < 1.29 is 4.74 Å². The minimum absolute atomic E-state index is 0.452. The van der Waals surface area contributed by atoms with Crippen molar-refractivity contribution in [3.05, 3.63) is 39.5 Å². The molecule has 1 aromatic heterocycles. The van der Waals surface area contributed by atoms with E-state index in [1.165, 1.54) is 0 Å². The van der Waals surface area contributed by atoms with Crippen molar-refractivity contribution in [1.82, 2.24) is 9.78 Å². The molecule has 0 spiro atoms. The lowest BCUT2D eigenvalue weighted by atomic mass is 10.1. The summed E-state index contributed by atoms with van der Waals surface area (Å²) in [6.07, 6.45) is 0. The molecule has 4 nitrogen and oxygen atoms in total. The van der Waals surface area contributed by atoms with Gasteiger partial charge in [0.15, 0.2) is 0 Å². The van der Waals surface area contributed by atoms with E-state index < -0.39 is 0 Å². The minimum atomic E-state index is 0.452. The first-order valence-corrected chi connectivity index (χ1v) is 6.20. The van der Waals surface area contributed by atoms with Gasteiger partial charge in [-0.15, -0.1) is 0 Å². The number of benzene rings is 1. The third kappa shape index (κ3) is 2.42. The molecule has 0 unspecified atom stereocenters. The van der Waals surface area contributed by atoms with E-state index in [0.29, 0.717) is 27.9 Å². The Bertz CT molecular complexity index is 660. The number of nitrogens with zero attached hydrogens (tertiary/aromatic N) is 3. The van der Waals surface area contributed by atoms with Gasteiger partial charge in [-0.05, 0) is 44.0 Å². The number of aryl methyl sites for hydroxylation is 4. The van der Waals surface area contributed by atoms with Gasteiger partial charge in [-0.3, -0.25) is 0 Å². The van der Waals surface area contributed by atoms with Crippen LogP contribution < -0.4 is 4.74 Å². The summed E-state index contributed by atoms with van der Waals surface area (Å²) in [6, 6.07) is 5.79. The van der Waals surface area contributed by atoms with Crippen LogP contribution in [-0.4, -0.2) is 9.78 Å². The maximum absolute atomic E-state index is 9.17. The van der Waals surface area contributed by atoms with Crippen molar-refractivity contribution in [3.63, 3.8) is 0 Å². The van der Waals surface area contributed by atoms with Gasteiger partial charge in [0, 0.05) is 12.1 Å². The Balaban J connectivity index is 2.51. The largest absolute Gasteiger partial charge is 0.437 e. The summed E-state index contributed by atoms with van der Waals surface area (Å²) in [4.78, 5) is 0. The van der Waals surface area contributed by atoms with Gasteiger partial charge in [-0.25, -0.2) is 4.68 Å². The lowest BCUT2D eigenvalue weighted by molar-refractivity contribution is 0.424. The molecule has 0 aliphatic heterocycles. The van der Waals surface area contributed by atoms with Crippen LogP contribution >= 0.6 is 11.6 Å². The number of ether oxygens (including phenoxy) is 1. The molecular weight excluding hydrogens is 262 g/mol. The van der Waals surface area contributed by atoms with Crippen molar-refractivity contribution in [2.75, 3.05) is 0 Å². The quantitative estimate of drug-likeness (QED) is 0.840. The molecule has 0 bridgehead atoms. The summed E-state index contributed by atoms with van der Waals surface area (Å²) >= 11 is 5.99. The fraction of sp³-hybridized carbons (Fsp3) is 0.286. The van der Waals surface area contributed by atoms with Crippen LogP contribution in [0, 0.1) is 32.1 Å². The number of aromatic nitrogens is 2. The summed E-state index contributed by atoms with van der Waals surface area (Å²) in [5.41, 5.74) is 2.96. The molecule has 0 atom stereocenters. The third-order valence-corrected chi connectivity index (χ3v) is 3.12. The number of halogens is 1. The molecule has 0 saturated carbocycles. The summed E-state index contributed by atoms with van der Waals surface area (Å²) in [5, 5.41) is 14.0. The van der Waals surface area contributed by atoms with Gasteiger partial charge < -0.3 is 4.74 Å². The first-order chi connectivity index (χ1) is 8.93. The fourth-order valence-electron chi connectivity index (χ4n) is 2.04. The van der Waals surface area contributed by atoms with Crippen molar-refractivity contribution in [3.8, 4) is 17.7 Å². The zero-order valence-electron chi connectivity index (χ0n) is 11.3. The summed E-state index contributed by atoms with van der Waals surface area (Å²) in [7, 11) is 1.75. The molecular formula is C14H14ClN3O. The standard InChI is InChI=1S/C14H14ClN3O/c1-8-5-11(15)6-9(2)13(8)19-14-12(7-16)10(3)17-18(14)4/h5-6H,1-4H3. The van der Waals surface area contributed by atoms with Gasteiger partial charge in [0.25, 0.3) is 0 Å². The molecule has 19 heavy (non-hydrogen) atoms. The van der Waals surface area contributed by atoms with Gasteiger partial charge in [-0.2, -0.15) is 10.4 Å². The highest BCUT2D eigenvalue weighted by Gasteiger charge is 2.17. The highest BCUT2D eigenvalue weighted by Crippen LogP contribution is 2.33. The first-order valence-electron chi connectivity index (χ1n) is 5.82. The minimum Gasteiger partial charge on any atom is -0.437 e. The monoisotopic (exact) mass is 275 g/mol. The van der Waals surface area contributed by atoms with E-state index in [4.69, 9.17) is 21.6 Å². The molecule has 5 heteroatoms. The Morgan fingerprint density at radius 2 is 1.84 bits per heavy atom. The number of nitriles is 1. The van der Waals surface area contributed by atoms with E-state index in [-0.39, 0.29) is 0 Å². The average Bonchev–Trinajstić information content (AvgIpc) is 2.57. The van der Waals surface area contributed by atoms with Crippen LogP contribution in [0.25, 0.3) is 0 Å².